The minimum absolute atomic E-state index is 0.0855. The molecular weight excluding hydrogens is 1380 g/mol. The van der Waals surface area contributed by atoms with Crippen LogP contribution in [-0.2, 0) is 65.4 Å². The standard InChI is InChI=1S/C87H166O17P2/c1-6-9-12-15-18-21-23-25-27-28-29-30-31-35-39-42-46-51-56-61-66-71-85(90)98-77-83(104-87(92)73-68-63-58-53-48-44-40-36-33-32-34-38-41-45-50-54-59-64-69-80(4)5)79-102-106(95,96)100-75-81(88)74-99-105(93,94)101-78-82(76-97-84(89)70-65-60-55-49-20-17-14-11-8-3)103-86(91)72-67-62-57-52-47-43-37-26-24-22-19-16-13-10-7-2/h22,24,26,37,80-83,88H,6-21,23,25,27-36,38-79H2,1-5H3,(H,93,94)(H,95,96)/b24-22-,37-26-/t81-,82+,83+/m0/s1. The second-order valence-corrected chi connectivity index (χ2v) is 34.0. The van der Waals surface area contributed by atoms with E-state index in [1.165, 1.54) is 257 Å². The van der Waals surface area contributed by atoms with Gasteiger partial charge < -0.3 is 33.8 Å². The van der Waals surface area contributed by atoms with Crippen molar-refractivity contribution in [1.82, 2.24) is 0 Å². The normalized spacial score (nSPS) is 13.9. The lowest BCUT2D eigenvalue weighted by Gasteiger charge is -2.21. The Morgan fingerprint density at radius 2 is 0.509 bits per heavy atom. The highest BCUT2D eigenvalue weighted by atomic mass is 31.2. The van der Waals surface area contributed by atoms with Gasteiger partial charge in [-0.3, -0.25) is 37.3 Å². The third kappa shape index (κ3) is 79.6. The summed E-state index contributed by atoms with van der Waals surface area (Å²) in [5, 5.41) is 10.7. The van der Waals surface area contributed by atoms with Crippen LogP contribution in [0.1, 0.15) is 446 Å². The minimum atomic E-state index is -4.97. The fourth-order valence-electron chi connectivity index (χ4n) is 13.1. The average molecular weight is 1550 g/mol. The number of aliphatic hydroxyl groups excluding tert-OH is 1. The van der Waals surface area contributed by atoms with E-state index in [0.29, 0.717) is 25.7 Å². The molecule has 19 heteroatoms. The van der Waals surface area contributed by atoms with E-state index in [9.17, 15) is 43.2 Å². The van der Waals surface area contributed by atoms with Crippen LogP contribution in [0.4, 0.5) is 0 Å². The van der Waals surface area contributed by atoms with Gasteiger partial charge in [-0.15, -0.1) is 0 Å². The Morgan fingerprint density at radius 3 is 0.774 bits per heavy atom. The molecule has 0 aliphatic carbocycles. The number of rotatable bonds is 85. The molecule has 0 spiro atoms. The number of aliphatic hydroxyl groups is 1. The highest BCUT2D eigenvalue weighted by Crippen LogP contribution is 2.45. The van der Waals surface area contributed by atoms with Crippen LogP contribution in [0.15, 0.2) is 24.3 Å². The predicted molar refractivity (Wildman–Crippen MR) is 437 cm³/mol. The summed E-state index contributed by atoms with van der Waals surface area (Å²) in [6, 6.07) is 0. The predicted octanol–water partition coefficient (Wildman–Crippen LogP) is 26.3. The highest BCUT2D eigenvalue weighted by Gasteiger charge is 2.30. The van der Waals surface area contributed by atoms with E-state index in [-0.39, 0.29) is 25.7 Å². The van der Waals surface area contributed by atoms with Crippen molar-refractivity contribution in [3.05, 3.63) is 24.3 Å². The molecule has 0 fully saturated rings. The zero-order valence-electron chi connectivity index (χ0n) is 69.1. The maximum atomic E-state index is 13.1. The first-order valence-electron chi connectivity index (χ1n) is 44.5. The largest absolute Gasteiger partial charge is 0.472 e. The fraction of sp³-hybridized carbons (Fsp3) is 0.908. The van der Waals surface area contributed by atoms with Crippen molar-refractivity contribution in [2.24, 2.45) is 5.92 Å². The van der Waals surface area contributed by atoms with Gasteiger partial charge in [0, 0.05) is 25.7 Å². The van der Waals surface area contributed by atoms with Gasteiger partial charge in [-0.05, 0) is 57.3 Å². The molecule has 0 heterocycles. The van der Waals surface area contributed by atoms with Crippen LogP contribution in [-0.4, -0.2) is 96.7 Å². The van der Waals surface area contributed by atoms with Gasteiger partial charge in [0.15, 0.2) is 12.2 Å². The Kier molecular flexibility index (Phi) is 77.4. The lowest BCUT2D eigenvalue weighted by atomic mass is 10.0. The molecule has 0 aromatic heterocycles. The highest BCUT2D eigenvalue weighted by molar-refractivity contribution is 7.47. The third-order valence-electron chi connectivity index (χ3n) is 19.9. The first-order chi connectivity index (χ1) is 51.5. The molecule has 0 aromatic carbocycles. The molecule has 3 N–H and O–H groups in total. The zero-order chi connectivity index (χ0) is 77.6. The van der Waals surface area contributed by atoms with Crippen molar-refractivity contribution in [3.63, 3.8) is 0 Å². The number of unbranched alkanes of at least 4 members (excludes halogenated alkanes) is 54. The van der Waals surface area contributed by atoms with E-state index in [0.717, 1.165) is 109 Å². The molecule has 0 amide bonds. The van der Waals surface area contributed by atoms with Crippen LogP contribution in [0.25, 0.3) is 0 Å². The number of phosphoric ester groups is 2. The second-order valence-electron chi connectivity index (χ2n) is 31.1. The minimum Gasteiger partial charge on any atom is -0.462 e. The van der Waals surface area contributed by atoms with Crippen LogP contribution in [0.3, 0.4) is 0 Å². The SMILES string of the molecule is CCCCCC/C=C\C=C/CCCCCCCC(=O)O[C@H](COC(=O)CCCCCCCCCCC)COP(=O)(O)OC[C@H](O)COP(=O)(O)OC[C@@H](COC(=O)CCCCCCCCCCCCCCCCCCCCCCC)OC(=O)CCCCCCCCCCCCCCCCCCCCC(C)C. The van der Waals surface area contributed by atoms with Crippen molar-refractivity contribution in [2.75, 3.05) is 39.6 Å². The summed E-state index contributed by atoms with van der Waals surface area (Å²) in [5.74, 6) is -1.31. The number of allylic oxidation sites excluding steroid dienone is 4. The second kappa shape index (κ2) is 79.2. The molecule has 2 unspecified atom stereocenters. The van der Waals surface area contributed by atoms with Gasteiger partial charge in [-0.2, -0.15) is 0 Å². The summed E-state index contributed by atoms with van der Waals surface area (Å²) in [4.78, 5) is 73.1. The van der Waals surface area contributed by atoms with E-state index in [1.54, 1.807) is 0 Å². The number of carbonyl (C=O) groups is 4. The van der Waals surface area contributed by atoms with Gasteiger partial charge >= 0.3 is 39.5 Å². The first kappa shape index (κ1) is 104. The summed E-state index contributed by atoms with van der Waals surface area (Å²) < 4.78 is 68.8. The molecule has 0 rings (SSSR count). The van der Waals surface area contributed by atoms with Gasteiger partial charge in [-0.25, -0.2) is 9.13 Å². The van der Waals surface area contributed by atoms with Crippen molar-refractivity contribution < 1.29 is 80.2 Å². The Hall–Kier alpha value is -2.46. The van der Waals surface area contributed by atoms with Gasteiger partial charge in [0.05, 0.1) is 26.4 Å². The fourth-order valence-corrected chi connectivity index (χ4v) is 14.7. The Bertz CT molecular complexity index is 2110. The van der Waals surface area contributed by atoms with Gasteiger partial charge in [0.1, 0.15) is 19.3 Å². The summed E-state index contributed by atoms with van der Waals surface area (Å²) in [5.41, 5.74) is 0. The Morgan fingerprint density at radius 1 is 0.292 bits per heavy atom. The Labute approximate surface area is 650 Å². The lowest BCUT2D eigenvalue weighted by molar-refractivity contribution is -0.161. The monoisotopic (exact) mass is 1550 g/mol. The van der Waals surface area contributed by atoms with E-state index >= 15 is 0 Å². The number of phosphoric acid groups is 2. The van der Waals surface area contributed by atoms with Crippen LogP contribution >= 0.6 is 15.6 Å². The molecule has 0 aliphatic heterocycles. The van der Waals surface area contributed by atoms with Crippen molar-refractivity contribution in [3.8, 4) is 0 Å². The number of hydrogen-bond donors (Lipinski definition) is 3. The number of ether oxygens (including phenoxy) is 4. The molecule has 17 nitrogen and oxygen atoms in total. The molecule has 106 heavy (non-hydrogen) atoms. The maximum absolute atomic E-state index is 13.1. The van der Waals surface area contributed by atoms with E-state index in [4.69, 9.17) is 37.0 Å². The van der Waals surface area contributed by atoms with Gasteiger partial charge in [0.2, 0.25) is 0 Å². The van der Waals surface area contributed by atoms with Crippen LogP contribution in [0, 0.1) is 5.92 Å². The molecule has 0 aromatic rings. The number of hydrogen-bond acceptors (Lipinski definition) is 15. The molecule has 0 saturated carbocycles. The van der Waals surface area contributed by atoms with Crippen LogP contribution in [0.5, 0.6) is 0 Å². The first-order valence-corrected chi connectivity index (χ1v) is 47.4. The molecule has 5 atom stereocenters. The molecule has 0 saturated heterocycles. The quantitative estimate of drug-likeness (QED) is 0.0169. The zero-order valence-corrected chi connectivity index (χ0v) is 70.9. The smallest absolute Gasteiger partial charge is 0.462 e. The van der Waals surface area contributed by atoms with Crippen LogP contribution in [0.2, 0.25) is 0 Å². The van der Waals surface area contributed by atoms with Crippen LogP contribution < -0.4 is 0 Å². The van der Waals surface area contributed by atoms with Gasteiger partial charge in [-0.1, -0.05) is 393 Å². The molecule has 0 radical (unpaired) electrons. The van der Waals surface area contributed by atoms with Crippen molar-refractivity contribution >= 4 is 39.5 Å². The maximum Gasteiger partial charge on any atom is 0.472 e. The Balaban J connectivity index is 5.22. The summed E-state index contributed by atoms with van der Waals surface area (Å²) in [6.07, 6.45) is 76.0. The molecular formula is C87H166O17P2. The van der Waals surface area contributed by atoms with E-state index in [1.807, 2.05) is 0 Å². The number of carbonyl (C=O) groups excluding carboxylic acids is 4. The molecule has 626 valence electrons. The van der Waals surface area contributed by atoms with Crippen molar-refractivity contribution in [1.29, 1.82) is 0 Å². The summed E-state index contributed by atoms with van der Waals surface area (Å²) >= 11 is 0. The average Bonchev–Trinajstić information content (AvgIpc) is 0.903. The van der Waals surface area contributed by atoms with Crippen molar-refractivity contribution in [2.45, 2.75) is 464 Å². The summed E-state index contributed by atoms with van der Waals surface area (Å²) in [7, 11) is -9.94. The third-order valence-corrected chi connectivity index (χ3v) is 21.8. The summed E-state index contributed by atoms with van der Waals surface area (Å²) in [6.45, 7) is 7.31. The van der Waals surface area contributed by atoms with E-state index in [2.05, 4.69) is 58.9 Å². The number of esters is 4. The van der Waals surface area contributed by atoms with Gasteiger partial charge in [0.25, 0.3) is 0 Å². The molecule has 0 aliphatic rings. The lowest BCUT2D eigenvalue weighted by Crippen LogP contribution is -2.30. The van der Waals surface area contributed by atoms with E-state index < -0.39 is 97.5 Å². The molecule has 0 bridgehead atoms. The topological polar surface area (TPSA) is 237 Å².